The van der Waals surface area contributed by atoms with Crippen LogP contribution >= 0.6 is 15.9 Å². The highest BCUT2D eigenvalue weighted by atomic mass is 79.9. The summed E-state index contributed by atoms with van der Waals surface area (Å²) in [7, 11) is 0. The summed E-state index contributed by atoms with van der Waals surface area (Å²) in [5.41, 5.74) is -0.238. The third-order valence-corrected chi connectivity index (χ3v) is 2.85. The van der Waals surface area contributed by atoms with Gasteiger partial charge in [-0.15, -0.1) is 0 Å². The van der Waals surface area contributed by atoms with Gasteiger partial charge in [0.15, 0.2) is 0 Å². The summed E-state index contributed by atoms with van der Waals surface area (Å²) in [5.74, 6) is -1.50. The van der Waals surface area contributed by atoms with Crippen LogP contribution in [-0.4, -0.2) is 28.0 Å². The van der Waals surface area contributed by atoms with Crippen LogP contribution in [0.5, 0.6) is 0 Å². The Morgan fingerprint density at radius 3 is 2.39 bits per heavy atom. The first-order chi connectivity index (χ1) is 8.21. The number of amides is 1. The van der Waals surface area contributed by atoms with Crippen molar-refractivity contribution in [3.8, 4) is 0 Å². The molecule has 0 saturated heterocycles. The van der Waals surface area contributed by atoms with Crippen LogP contribution in [0.2, 0.25) is 0 Å². The van der Waals surface area contributed by atoms with Gasteiger partial charge < -0.3 is 10.4 Å². The second kappa shape index (κ2) is 5.48. The molecule has 1 rings (SSSR count). The molecule has 1 aromatic heterocycles. The Morgan fingerprint density at radius 2 is 2.00 bits per heavy atom. The molecule has 1 atom stereocenters. The molecule has 0 aliphatic rings. The van der Waals surface area contributed by atoms with Gasteiger partial charge in [0, 0.05) is 6.20 Å². The van der Waals surface area contributed by atoms with Gasteiger partial charge in [0.25, 0.3) is 5.91 Å². The van der Waals surface area contributed by atoms with Crippen LogP contribution in [0.15, 0.2) is 22.9 Å². The predicted molar refractivity (Wildman–Crippen MR) is 70.3 cm³/mol. The van der Waals surface area contributed by atoms with Gasteiger partial charge >= 0.3 is 5.97 Å². The number of hydrogen-bond donors (Lipinski definition) is 2. The van der Waals surface area contributed by atoms with E-state index >= 15 is 0 Å². The van der Waals surface area contributed by atoms with Crippen LogP contribution in [0.25, 0.3) is 0 Å². The van der Waals surface area contributed by atoms with Crippen LogP contribution < -0.4 is 5.32 Å². The molecule has 5 nitrogen and oxygen atoms in total. The van der Waals surface area contributed by atoms with Crippen molar-refractivity contribution in [2.24, 2.45) is 5.41 Å². The number of nitrogens with zero attached hydrogens (tertiary/aromatic N) is 1. The van der Waals surface area contributed by atoms with Crippen molar-refractivity contribution in [2.45, 2.75) is 26.8 Å². The lowest BCUT2D eigenvalue weighted by atomic mass is 9.86. The molecule has 2 N–H and O–H groups in total. The van der Waals surface area contributed by atoms with Gasteiger partial charge in [-0.3, -0.25) is 4.79 Å². The largest absolute Gasteiger partial charge is 0.480 e. The van der Waals surface area contributed by atoms with Crippen molar-refractivity contribution in [2.75, 3.05) is 0 Å². The van der Waals surface area contributed by atoms with Gasteiger partial charge in [0.1, 0.15) is 10.6 Å². The van der Waals surface area contributed by atoms with Gasteiger partial charge in [0.05, 0.1) is 5.56 Å². The molecule has 1 heterocycles. The first-order valence-electron chi connectivity index (χ1n) is 5.37. The van der Waals surface area contributed by atoms with Gasteiger partial charge in [-0.1, -0.05) is 20.8 Å². The number of nitrogens with one attached hydrogen (secondary N) is 1. The number of carbonyl (C=O) groups excluding carboxylic acids is 1. The topological polar surface area (TPSA) is 79.3 Å². The fourth-order valence-corrected chi connectivity index (χ4v) is 1.61. The first-order valence-corrected chi connectivity index (χ1v) is 6.16. The van der Waals surface area contributed by atoms with E-state index in [1.165, 1.54) is 6.20 Å². The third kappa shape index (κ3) is 3.80. The highest BCUT2D eigenvalue weighted by Crippen LogP contribution is 2.20. The van der Waals surface area contributed by atoms with E-state index in [0.29, 0.717) is 10.2 Å². The Hall–Kier alpha value is -1.43. The minimum Gasteiger partial charge on any atom is -0.480 e. The van der Waals surface area contributed by atoms with Crippen molar-refractivity contribution in [1.82, 2.24) is 10.3 Å². The fraction of sp³-hybridized carbons (Fsp3) is 0.417. The Bertz CT molecular complexity index is 451. The number of halogens is 1. The number of rotatable bonds is 3. The molecule has 1 aromatic rings. The normalized spacial score (nSPS) is 12.9. The second-order valence-corrected chi connectivity index (χ2v) is 5.79. The summed E-state index contributed by atoms with van der Waals surface area (Å²) < 4.78 is 0.615. The van der Waals surface area contributed by atoms with E-state index in [0.717, 1.165) is 0 Å². The van der Waals surface area contributed by atoms with Gasteiger partial charge in [0.2, 0.25) is 0 Å². The minimum atomic E-state index is -1.05. The van der Waals surface area contributed by atoms with Crippen molar-refractivity contribution < 1.29 is 14.7 Å². The number of aliphatic carboxylic acids is 1. The molecule has 0 spiro atoms. The molecule has 0 aliphatic carbocycles. The maximum Gasteiger partial charge on any atom is 0.326 e. The summed E-state index contributed by atoms with van der Waals surface area (Å²) in [6.45, 7) is 5.27. The summed E-state index contributed by atoms with van der Waals surface area (Å²) in [6, 6.07) is 2.25. The first kappa shape index (κ1) is 14.6. The summed E-state index contributed by atoms with van der Waals surface area (Å²) in [4.78, 5) is 26.9. The molecule has 0 bridgehead atoms. The van der Waals surface area contributed by atoms with Gasteiger partial charge in [-0.25, -0.2) is 9.78 Å². The maximum absolute atomic E-state index is 11.9. The zero-order chi connectivity index (χ0) is 13.9. The molecule has 1 unspecified atom stereocenters. The number of carboxylic acids is 1. The van der Waals surface area contributed by atoms with Gasteiger partial charge in [-0.05, 0) is 33.5 Å². The molecule has 0 aliphatic heterocycles. The van der Waals surface area contributed by atoms with Crippen molar-refractivity contribution >= 4 is 27.8 Å². The highest BCUT2D eigenvalue weighted by Gasteiger charge is 2.32. The lowest BCUT2D eigenvalue weighted by molar-refractivity contribution is -0.142. The van der Waals surface area contributed by atoms with E-state index in [9.17, 15) is 9.59 Å². The van der Waals surface area contributed by atoms with Crippen LogP contribution in [0, 0.1) is 5.41 Å². The average molecular weight is 315 g/mol. The summed E-state index contributed by atoms with van der Waals surface area (Å²) in [5, 5.41) is 11.6. The van der Waals surface area contributed by atoms with E-state index in [1.807, 2.05) is 0 Å². The average Bonchev–Trinajstić information content (AvgIpc) is 2.24. The van der Waals surface area contributed by atoms with Crippen LogP contribution in [0.4, 0.5) is 0 Å². The Morgan fingerprint density at radius 1 is 1.39 bits per heavy atom. The van der Waals surface area contributed by atoms with Gasteiger partial charge in [-0.2, -0.15) is 0 Å². The van der Waals surface area contributed by atoms with E-state index in [2.05, 4.69) is 26.2 Å². The monoisotopic (exact) mass is 314 g/mol. The second-order valence-electron chi connectivity index (χ2n) is 4.98. The van der Waals surface area contributed by atoms with Crippen LogP contribution in [0.3, 0.4) is 0 Å². The molecule has 18 heavy (non-hydrogen) atoms. The molecule has 0 saturated carbocycles. The summed E-state index contributed by atoms with van der Waals surface area (Å²) >= 11 is 3.16. The molecule has 98 valence electrons. The highest BCUT2D eigenvalue weighted by molar-refractivity contribution is 9.10. The Balaban J connectivity index is 2.86. The van der Waals surface area contributed by atoms with Crippen LogP contribution in [-0.2, 0) is 4.79 Å². The number of hydrogen-bond acceptors (Lipinski definition) is 3. The molecule has 1 amide bonds. The SMILES string of the molecule is CC(C)(C)C(NC(=O)c1ccc(Br)nc1)C(=O)O. The quantitative estimate of drug-likeness (QED) is 0.837. The maximum atomic E-state index is 11.9. The molecular weight excluding hydrogens is 300 g/mol. The summed E-state index contributed by atoms with van der Waals surface area (Å²) in [6.07, 6.45) is 1.39. The molecular formula is C12H15BrN2O3. The van der Waals surface area contributed by atoms with E-state index in [4.69, 9.17) is 5.11 Å². The third-order valence-electron chi connectivity index (χ3n) is 2.38. The minimum absolute atomic E-state index is 0.328. The zero-order valence-corrected chi connectivity index (χ0v) is 12.0. The van der Waals surface area contributed by atoms with E-state index in [1.54, 1.807) is 32.9 Å². The predicted octanol–water partition coefficient (Wildman–Crippen LogP) is 2.07. The Labute approximate surface area is 114 Å². The number of carbonyl (C=O) groups is 2. The number of carboxylic acid groups (broad SMARTS) is 1. The molecule has 6 heteroatoms. The van der Waals surface area contributed by atoms with Crippen molar-refractivity contribution in [1.29, 1.82) is 0 Å². The standard InChI is InChI=1S/C12H15BrN2O3/c1-12(2,3)9(11(17)18)15-10(16)7-4-5-8(13)14-6-7/h4-6,9H,1-3H3,(H,15,16)(H,17,18). The lowest BCUT2D eigenvalue weighted by Crippen LogP contribution is -2.49. The number of pyridine rings is 1. The van der Waals surface area contributed by atoms with Crippen molar-refractivity contribution in [3.05, 3.63) is 28.5 Å². The molecule has 0 aromatic carbocycles. The smallest absolute Gasteiger partial charge is 0.326 e. The van der Waals surface area contributed by atoms with E-state index < -0.39 is 23.3 Å². The van der Waals surface area contributed by atoms with E-state index in [-0.39, 0.29) is 0 Å². The zero-order valence-electron chi connectivity index (χ0n) is 10.4. The number of aromatic nitrogens is 1. The van der Waals surface area contributed by atoms with Crippen LogP contribution in [0.1, 0.15) is 31.1 Å². The van der Waals surface area contributed by atoms with Crippen molar-refractivity contribution in [3.63, 3.8) is 0 Å². The lowest BCUT2D eigenvalue weighted by Gasteiger charge is -2.27. The molecule has 0 fully saturated rings. The Kier molecular flexibility index (Phi) is 4.45. The molecule has 0 radical (unpaired) electrons. The fourth-order valence-electron chi connectivity index (χ4n) is 1.37.